The van der Waals surface area contributed by atoms with Gasteiger partial charge in [-0.3, -0.25) is 0 Å². The van der Waals surface area contributed by atoms with E-state index < -0.39 is 33.8 Å². The predicted octanol–water partition coefficient (Wildman–Crippen LogP) is 2.59. The minimum absolute atomic E-state index is 0.0179. The van der Waals surface area contributed by atoms with Crippen molar-refractivity contribution in [3.05, 3.63) is 35.4 Å². The van der Waals surface area contributed by atoms with E-state index in [4.69, 9.17) is 0 Å². The van der Waals surface area contributed by atoms with Gasteiger partial charge in [-0.25, -0.2) is 17.2 Å². The van der Waals surface area contributed by atoms with Crippen LogP contribution in [-0.2, 0) is 10.0 Å². The van der Waals surface area contributed by atoms with Crippen LogP contribution in [0.4, 0.5) is 8.78 Å². The molecular weight excluding hydrogens is 312 g/mol. The Morgan fingerprint density at radius 1 is 1.32 bits per heavy atom. The van der Waals surface area contributed by atoms with E-state index in [1.54, 1.807) is 0 Å². The summed E-state index contributed by atoms with van der Waals surface area (Å²) < 4.78 is 53.3. The molecule has 0 amide bonds. The molecule has 1 aromatic carbocycles. The maximum Gasteiger partial charge on any atom is 0.214 e. The maximum atomic E-state index is 13.9. The zero-order chi connectivity index (χ0) is 16.3. The number of hydrogen-bond acceptors (Lipinski definition) is 3. The normalized spacial score (nSPS) is 23.1. The van der Waals surface area contributed by atoms with Crippen LogP contribution in [0.1, 0.15) is 44.2 Å². The molecule has 0 spiro atoms. The van der Waals surface area contributed by atoms with Crippen LogP contribution >= 0.6 is 0 Å². The Morgan fingerprint density at radius 2 is 2.05 bits per heavy atom. The second-order valence-corrected chi connectivity index (χ2v) is 7.71. The van der Waals surface area contributed by atoms with Crippen molar-refractivity contribution in [3.63, 3.8) is 0 Å². The number of unbranched alkanes of at least 4 members (excludes halogenated alkanes) is 2. The predicted molar refractivity (Wildman–Crippen MR) is 79.7 cm³/mol. The SMILES string of the molecule is CCCCCS(=O)(=O)N1C[C@@H](O)C[C@@H]1c1cc(F)ccc1F. The molecule has 1 aliphatic rings. The molecule has 1 fully saturated rings. The molecule has 0 aromatic heterocycles. The summed E-state index contributed by atoms with van der Waals surface area (Å²) in [5.74, 6) is -1.32. The van der Waals surface area contributed by atoms with Gasteiger partial charge >= 0.3 is 0 Å². The molecule has 1 aliphatic heterocycles. The third-order valence-electron chi connectivity index (χ3n) is 3.91. The molecule has 1 aromatic rings. The number of aliphatic hydroxyl groups excluding tert-OH is 1. The minimum atomic E-state index is -3.61. The Kier molecular flexibility index (Phi) is 5.52. The van der Waals surface area contributed by atoms with E-state index in [-0.39, 0.29) is 24.3 Å². The van der Waals surface area contributed by atoms with E-state index in [2.05, 4.69) is 0 Å². The molecule has 2 rings (SSSR count). The summed E-state index contributed by atoms with van der Waals surface area (Å²) in [7, 11) is -3.61. The fourth-order valence-electron chi connectivity index (χ4n) is 2.80. The van der Waals surface area contributed by atoms with E-state index in [0.717, 1.165) is 35.3 Å². The number of β-amino-alcohol motifs (C(OH)–C–C–N with tert-alkyl or cyclic N) is 1. The monoisotopic (exact) mass is 333 g/mol. The number of benzene rings is 1. The van der Waals surface area contributed by atoms with E-state index in [1.165, 1.54) is 0 Å². The lowest BCUT2D eigenvalue weighted by Crippen LogP contribution is -2.34. The number of sulfonamides is 1. The lowest BCUT2D eigenvalue weighted by Gasteiger charge is -2.24. The fraction of sp³-hybridized carbons (Fsp3) is 0.600. The van der Waals surface area contributed by atoms with E-state index in [1.807, 2.05) is 6.92 Å². The first-order chi connectivity index (χ1) is 10.3. The van der Waals surface area contributed by atoms with Gasteiger partial charge in [0.2, 0.25) is 10.0 Å². The van der Waals surface area contributed by atoms with Crippen molar-refractivity contribution in [2.24, 2.45) is 0 Å². The highest BCUT2D eigenvalue weighted by molar-refractivity contribution is 7.89. The van der Waals surface area contributed by atoms with Gasteiger partial charge in [0.05, 0.1) is 17.9 Å². The molecule has 1 saturated heterocycles. The molecule has 7 heteroatoms. The Balaban J connectivity index is 2.28. The van der Waals surface area contributed by atoms with Crippen LogP contribution in [0, 0.1) is 11.6 Å². The van der Waals surface area contributed by atoms with Gasteiger partial charge < -0.3 is 5.11 Å². The topological polar surface area (TPSA) is 57.6 Å². The van der Waals surface area contributed by atoms with Crippen LogP contribution in [0.15, 0.2) is 18.2 Å². The lowest BCUT2D eigenvalue weighted by atomic mass is 10.0. The number of nitrogens with zero attached hydrogens (tertiary/aromatic N) is 1. The quantitative estimate of drug-likeness (QED) is 0.814. The first-order valence-corrected chi connectivity index (χ1v) is 9.08. The summed E-state index contributed by atoms with van der Waals surface area (Å²) in [4.78, 5) is 0. The standard InChI is InChI=1S/C15H21F2NO3S/c1-2-3-4-7-22(20,21)18-10-12(19)9-15(18)13-8-11(16)5-6-14(13)17/h5-6,8,12,15,19H,2-4,7,9-10H2,1H3/t12-,15+/m0/s1. The Morgan fingerprint density at radius 3 is 2.73 bits per heavy atom. The van der Waals surface area contributed by atoms with Crippen LogP contribution in [0.25, 0.3) is 0 Å². The third-order valence-corrected chi connectivity index (χ3v) is 5.84. The molecule has 0 saturated carbocycles. The number of hydrogen-bond donors (Lipinski definition) is 1. The van der Waals surface area contributed by atoms with Crippen molar-refractivity contribution in [3.8, 4) is 0 Å². The zero-order valence-corrected chi connectivity index (χ0v) is 13.3. The molecule has 0 unspecified atom stereocenters. The van der Waals surface area contributed by atoms with Gasteiger partial charge in [0, 0.05) is 12.1 Å². The molecular formula is C15H21F2NO3S. The average molecular weight is 333 g/mol. The van der Waals surface area contributed by atoms with Crippen molar-refractivity contribution in [1.82, 2.24) is 4.31 Å². The van der Waals surface area contributed by atoms with Crippen LogP contribution in [-0.4, -0.2) is 36.2 Å². The van der Waals surface area contributed by atoms with Gasteiger partial charge in [-0.2, -0.15) is 4.31 Å². The summed E-state index contributed by atoms with van der Waals surface area (Å²) in [5, 5.41) is 9.80. The van der Waals surface area contributed by atoms with Crippen LogP contribution in [0.5, 0.6) is 0 Å². The molecule has 0 aliphatic carbocycles. The van der Waals surface area contributed by atoms with Gasteiger partial charge in [0.15, 0.2) is 0 Å². The third kappa shape index (κ3) is 3.83. The molecule has 22 heavy (non-hydrogen) atoms. The van der Waals surface area contributed by atoms with Crippen LogP contribution in [0.3, 0.4) is 0 Å². The van der Waals surface area contributed by atoms with E-state index >= 15 is 0 Å². The highest BCUT2D eigenvalue weighted by atomic mass is 32.2. The number of aliphatic hydroxyl groups is 1. The summed E-state index contributed by atoms with van der Waals surface area (Å²) in [5.41, 5.74) is -0.0179. The molecule has 0 radical (unpaired) electrons. The Labute approximate surface area is 129 Å². The summed E-state index contributed by atoms with van der Waals surface area (Å²) in [6.07, 6.45) is 1.40. The van der Waals surface area contributed by atoms with Crippen LogP contribution < -0.4 is 0 Å². The smallest absolute Gasteiger partial charge is 0.214 e. The van der Waals surface area contributed by atoms with Crippen LogP contribution in [0.2, 0.25) is 0 Å². The highest BCUT2D eigenvalue weighted by Gasteiger charge is 2.40. The zero-order valence-electron chi connectivity index (χ0n) is 12.5. The summed E-state index contributed by atoms with van der Waals surface area (Å²) >= 11 is 0. The summed E-state index contributed by atoms with van der Waals surface area (Å²) in [6, 6.07) is 2.13. The minimum Gasteiger partial charge on any atom is -0.392 e. The van der Waals surface area contributed by atoms with Gasteiger partial charge in [-0.1, -0.05) is 19.8 Å². The fourth-order valence-corrected chi connectivity index (χ4v) is 4.59. The van der Waals surface area contributed by atoms with Crippen molar-refractivity contribution in [1.29, 1.82) is 0 Å². The van der Waals surface area contributed by atoms with Crippen molar-refractivity contribution >= 4 is 10.0 Å². The largest absolute Gasteiger partial charge is 0.392 e. The van der Waals surface area contributed by atoms with E-state index in [0.29, 0.717) is 6.42 Å². The Bertz CT molecular complexity index is 621. The van der Waals surface area contributed by atoms with E-state index in [9.17, 15) is 22.3 Å². The summed E-state index contributed by atoms with van der Waals surface area (Å²) in [6.45, 7) is 1.90. The first kappa shape index (κ1) is 17.3. The molecule has 4 nitrogen and oxygen atoms in total. The number of rotatable bonds is 6. The first-order valence-electron chi connectivity index (χ1n) is 7.47. The Hall–Kier alpha value is -1.05. The van der Waals surface area contributed by atoms with Gasteiger partial charge in [0.1, 0.15) is 11.6 Å². The number of halogens is 2. The van der Waals surface area contributed by atoms with Gasteiger partial charge in [-0.05, 0) is 31.0 Å². The molecule has 0 bridgehead atoms. The molecule has 1 heterocycles. The highest BCUT2D eigenvalue weighted by Crippen LogP contribution is 2.36. The maximum absolute atomic E-state index is 13.9. The second-order valence-electron chi connectivity index (χ2n) is 5.66. The molecule has 1 N–H and O–H groups in total. The second kappa shape index (κ2) is 7.02. The van der Waals surface area contributed by atoms with Gasteiger partial charge in [-0.15, -0.1) is 0 Å². The van der Waals surface area contributed by atoms with Crippen molar-refractivity contribution in [2.45, 2.75) is 44.8 Å². The van der Waals surface area contributed by atoms with Gasteiger partial charge in [0.25, 0.3) is 0 Å². The van der Waals surface area contributed by atoms with Crippen molar-refractivity contribution in [2.75, 3.05) is 12.3 Å². The lowest BCUT2D eigenvalue weighted by molar-refractivity contribution is 0.188. The molecule has 124 valence electrons. The van der Waals surface area contributed by atoms with Crippen molar-refractivity contribution < 1.29 is 22.3 Å². The molecule has 2 atom stereocenters. The average Bonchev–Trinajstić information content (AvgIpc) is 2.84.